The lowest BCUT2D eigenvalue weighted by Crippen LogP contribution is -2.31. The average molecular weight is 208 g/mol. The van der Waals surface area contributed by atoms with Crippen molar-refractivity contribution in [3.05, 3.63) is 23.0 Å². The maximum atomic E-state index is 11.1. The molecule has 15 heavy (non-hydrogen) atoms. The quantitative estimate of drug-likeness (QED) is 0.568. The van der Waals surface area contributed by atoms with Gasteiger partial charge in [0.05, 0.1) is 5.56 Å². The highest BCUT2D eigenvalue weighted by molar-refractivity contribution is 5.99. The van der Waals surface area contributed by atoms with Crippen LogP contribution in [0.2, 0.25) is 0 Å². The van der Waals surface area contributed by atoms with E-state index in [1.165, 1.54) is 6.07 Å². The van der Waals surface area contributed by atoms with Gasteiger partial charge in [-0.1, -0.05) is 0 Å². The second-order valence-corrected chi connectivity index (χ2v) is 3.45. The van der Waals surface area contributed by atoms with E-state index >= 15 is 0 Å². The first-order valence-electron chi connectivity index (χ1n) is 4.64. The van der Waals surface area contributed by atoms with Gasteiger partial charge in [-0.25, -0.2) is 0 Å². The topological polar surface area (TPSA) is 103 Å². The third-order valence-electron chi connectivity index (χ3n) is 2.53. The first-order chi connectivity index (χ1) is 7.11. The van der Waals surface area contributed by atoms with Gasteiger partial charge in [0, 0.05) is 25.3 Å². The predicted molar refractivity (Wildman–Crippen MR) is 53.2 cm³/mol. The Morgan fingerprint density at radius 1 is 1.33 bits per heavy atom. The van der Waals surface area contributed by atoms with Crippen LogP contribution in [0, 0.1) is 0 Å². The molecule has 6 nitrogen and oxygen atoms in total. The standard InChI is InChI=1S/C9H12N4O2/c10-8(14)5-3-6(9(11)15)13-2-1-12-4-7(5)13/h3,12H,1-2,4H2,(H2,10,14)(H2,11,15). The van der Waals surface area contributed by atoms with Gasteiger partial charge in [0.2, 0.25) is 0 Å². The number of primary amides is 2. The molecule has 0 saturated carbocycles. The summed E-state index contributed by atoms with van der Waals surface area (Å²) in [7, 11) is 0. The molecule has 80 valence electrons. The Bertz CT molecular complexity index is 397. The van der Waals surface area contributed by atoms with Crippen molar-refractivity contribution in [1.29, 1.82) is 0 Å². The van der Waals surface area contributed by atoms with Crippen LogP contribution in [0.1, 0.15) is 26.5 Å². The second-order valence-electron chi connectivity index (χ2n) is 3.45. The third kappa shape index (κ3) is 1.48. The van der Waals surface area contributed by atoms with Crippen LogP contribution in [-0.2, 0) is 13.1 Å². The molecular formula is C9H12N4O2. The number of hydrogen-bond acceptors (Lipinski definition) is 3. The highest BCUT2D eigenvalue weighted by atomic mass is 16.1. The van der Waals surface area contributed by atoms with Crippen LogP contribution in [0.3, 0.4) is 0 Å². The molecule has 0 fully saturated rings. The first kappa shape index (κ1) is 9.72. The molecule has 1 aromatic rings. The number of rotatable bonds is 2. The molecule has 0 aromatic carbocycles. The zero-order valence-corrected chi connectivity index (χ0v) is 8.12. The van der Waals surface area contributed by atoms with Gasteiger partial charge in [-0.05, 0) is 6.07 Å². The SMILES string of the molecule is NC(=O)c1cc(C(N)=O)n2c1CNCC2. The minimum absolute atomic E-state index is 0.348. The molecule has 1 aromatic heterocycles. The average Bonchev–Trinajstić information content (AvgIpc) is 2.56. The fraction of sp³-hybridized carbons (Fsp3) is 0.333. The number of aromatic nitrogens is 1. The van der Waals surface area contributed by atoms with Crippen LogP contribution < -0.4 is 16.8 Å². The molecule has 1 aliphatic rings. The van der Waals surface area contributed by atoms with Crippen LogP contribution in [0.15, 0.2) is 6.07 Å². The monoisotopic (exact) mass is 208 g/mol. The number of carbonyl (C=O) groups excluding carboxylic acids is 2. The van der Waals surface area contributed by atoms with E-state index in [9.17, 15) is 9.59 Å². The molecule has 0 unspecified atom stereocenters. The van der Waals surface area contributed by atoms with E-state index in [2.05, 4.69) is 5.32 Å². The Labute approximate surface area is 86.2 Å². The molecule has 2 amide bonds. The Balaban J connectivity index is 2.59. The van der Waals surface area contributed by atoms with Crippen LogP contribution in [-0.4, -0.2) is 22.9 Å². The first-order valence-corrected chi connectivity index (χ1v) is 4.64. The van der Waals surface area contributed by atoms with Gasteiger partial charge in [-0.15, -0.1) is 0 Å². The van der Waals surface area contributed by atoms with Crippen molar-refractivity contribution >= 4 is 11.8 Å². The van der Waals surface area contributed by atoms with E-state index in [1.807, 2.05) is 0 Å². The minimum Gasteiger partial charge on any atom is -0.366 e. The van der Waals surface area contributed by atoms with Crippen molar-refractivity contribution < 1.29 is 9.59 Å². The van der Waals surface area contributed by atoms with Gasteiger partial charge in [0.1, 0.15) is 5.69 Å². The highest BCUT2D eigenvalue weighted by Crippen LogP contribution is 2.18. The van der Waals surface area contributed by atoms with Crippen molar-refractivity contribution in [3.63, 3.8) is 0 Å². The largest absolute Gasteiger partial charge is 0.366 e. The van der Waals surface area contributed by atoms with Gasteiger partial charge >= 0.3 is 0 Å². The summed E-state index contributed by atoms with van der Waals surface area (Å²) in [6.07, 6.45) is 0. The summed E-state index contributed by atoms with van der Waals surface area (Å²) in [5.74, 6) is -1.07. The summed E-state index contributed by atoms with van der Waals surface area (Å²) in [4.78, 5) is 22.3. The fourth-order valence-electron chi connectivity index (χ4n) is 1.85. The number of nitrogens with one attached hydrogen (secondary N) is 1. The summed E-state index contributed by atoms with van der Waals surface area (Å²) >= 11 is 0. The molecular weight excluding hydrogens is 196 g/mol. The van der Waals surface area contributed by atoms with Gasteiger partial charge in [-0.2, -0.15) is 0 Å². The predicted octanol–water partition coefficient (Wildman–Crippen LogP) is -1.21. The molecule has 1 aliphatic heterocycles. The fourth-order valence-corrected chi connectivity index (χ4v) is 1.85. The minimum atomic E-state index is -0.536. The van der Waals surface area contributed by atoms with E-state index in [-0.39, 0.29) is 0 Å². The van der Waals surface area contributed by atoms with Crippen LogP contribution >= 0.6 is 0 Å². The molecule has 0 atom stereocenters. The Hall–Kier alpha value is -1.82. The van der Waals surface area contributed by atoms with E-state index < -0.39 is 11.8 Å². The zero-order chi connectivity index (χ0) is 11.0. The molecule has 0 aliphatic carbocycles. The molecule has 0 bridgehead atoms. The number of hydrogen-bond donors (Lipinski definition) is 3. The lowest BCUT2D eigenvalue weighted by Gasteiger charge is -2.18. The highest BCUT2D eigenvalue weighted by Gasteiger charge is 2.22. The van der Waals surface area contributed by atoms with Crippen molar-refractivity contribution in [2.24, 2.45) is 11.5 Å². The molecule has 2 rings (SSSR count). The van der Waals surface area contributed by atoms with Crippen molar-refractivity contribution in [2.75, 3.05) is 6.54 Å². The molecule has 0 radical (unpaired) electrons. The summed E-state index contributed by atoms with van der Waals surface area (Å²) < 4.78 is 1.75. The van der Waals surface area contributed by atoms with Crippen molar-refractivity contribution in [3.8, 4) is 0 Å². The summed E-state index contributed by atoms with van der Waals surface area (Å²) in [5.41, 5.74) is 11.9. The Morgan fingerprint density at radius 2 is 2.07 bits per heavy atom. The maximum absolute atomic E-state index is 11.1. The molecule has 5 N–H and O–H groups in total. The van der Waals surface area contributed by atoms with E-state index in [0.29, 0.717) is 24.3 Å². The van der Waals surface area contributed by atoms with Crippen molar-refractivity contribution in [1.82, 2.24) is 9.88 Å². The summed E-state index contributed by atoms with van der Waals surface area (Å²) in [5, 5.41) is 3.11. The number of nitrogens with two attached hydrogens (primary N) is 2. The van der Waals surface area contributed by atoms with Gasteiger partial charge in [0.15, 0.2) is 0 Å². The smallest absolute Gasteiger partial charge is 0.265 e. The van der Waals surface area contributed by atoms with Crippen LogP contribution in [0.25, 0.3) is 0 Å². The molecule has 0 saturated heterocycles. The Morgan fingerprint density at radius 3 is 2.67 bits per heavy atom. The molecule has 6 heteroatoms. The van der Waals surface area contributed by atoms with Crippen LogP contribution in [0.4, 0.5) is 0 Å². The third-order valence-corrected chi connectivity index (χ3v) is 2.53. The lowest BCUT2D eigenvalue weighted by atomic mass is 10.2. The maximum Gasteiger partial charge on any atom is 0.265 e. The number of amides is 2. The second kappa shape index (κ2) is 3.39. The normalized spacial score (nSPS) is 14.7. The number of fused-ring (bicyclic) bond motifs is 1. The summed E-state index contributed by atoms with van der Waals surface area (Å²) in [6.45, 7) is 1.91. The van der Waals surface area contributed by atoms with E-state index in [1.54, 1.807) is 4.57 Å². The van der Waals surface area contributed by atoms with Crippen LogP contribution in [0.5, 0.6) is 0 Å². The Kier molecular flexibility index (Phi) is 2.20. The van der Waals surface area contributed by atoms with Gasteiger partial charge in [0.25, 0.3) is 11.8 Å². The lowest BCUT2D eigenvalue weighted by molar-refractivity contribution is 0.0986. The number of carbonyl (C=O) groups is 2. The van der Waals surface area contributed by atoms with Crippen molar-refractivity contribution in [2.45, 2.75) is 13.1 Å². The molecule has 0 spiro atoms. The van der Waals surface area contributed by atoms with Gasteiger partial charge < -0.3 is 21.4 Å². The van der Waals surface area contributed by atoms with E-state index in [0.717, 1.165) is 12.2 Å². The molecule has 2 heterocycles. The summed E-state index contributed by atoms with van der Waals surface area (Å²) in [6, 6.07) is 1.47. The zero-order valence-electron chi connectivity index (χ0n) is 8.12. The number of nitrogens with zero attached hydrogens (tertiary/aromatic N) is 1. The van der Waals surface area contributed by atoms with E-state index in [4.69, 9.17) is 11.5 Å². The van der Waals surface area contributed by atoms with Gasteiger partial charge in [-0.3, -0.25) is 9.59 Å².